The van der Waals surface area contributed by atoms with E-state index in [1.54, 1.807) is 11.1 Å². The molecule has 0 unspecified atom stereocenters. The number of hydrogen-bond acceptors (Lipinski definition) is 5. The Labute approximate surface area is 168 Å². The number of para-hydroxylation sites is 2. The normalized spacial score (nSPS) is 22.4. The number of amides is 1. The van der Waals surface area contributed by atoms with Gasteiger partial charge in [0.15, 0.2) is 5.82 Å². The largest absolute Gasteiger partial charge is 0.470 e. The molecule has 2 N–H and O–H groups in total. The zero-order valence-electron chi connectivity index (χ0n) is 16.1. The molecule has 1 saturated heterocycles. The minimum atomic E-state index is -0.184. The highest BCUT2D eigenvalue weighted by Gasteiger charge is 2.35. The number of aliphatic hydroxyl groups is 1. The second-order valence-corrected chi connectivity index (χ2v) is 7.96. The van der Waals surface area contributed by atoms with E-state index in [0.29, 0.717) is 30.7 Å². The first kappa shape index (κ1) is 18.1. The Bertz CT molecular complexity index is 987. The van der Waals surface area contributed by atoms with E-state index < -0.39 is 0 Å². The number of rotatable bonds is 4. The molecule has 2 fully saturated rings. The maximum atomic E-state index is 12.7. The van der Waals surface area contributed by atoms with Crippen molar-refractivity contribution in [3.05, 3.63) is 54.0 Å². The summed E-state index contributed by atoms with van der Waals surface area (Å²) in [6.07, 6.45) is 5.04. The van der Waals surface area contributed by atoms with Crippen molar-refractivity contribution in [2.24, 2.45) is 0 Å². The summed E-state index contributed by atoms with van der Waals surface area (Å²) in [6.45, 7) is 1.05. The number of nitrogens with zero attached hydrogens (tertiary/aromatic N) is 3. The quantitative estimate of drug-likeness (QED) is 0.712. The van der Waals surface area contributed by atoms with Gasteiger partial charge in [0.05, 0.1) is 30.2 Å². The second-order valence-electron chi connectivity index (χ2n) is 7.96. The molecule has 1 amide bonds. The van der Waals surface area contributed by atoms with Crippen LogP contribution in [0.2, 0.25) is 0 Å². The molecule has 1 saturated carbocycles. The summed E-state index contributed by atoms with van der Waals surface area (Å²) in [5.41, 5.74) is 2.77. The van der Waals surface area contributed by atoms with E-state index in [2.05, 4.69) is 21.0 Å². The van der Waals surface area contributed by atoms with Crippen molar-refractivity contribution in [2.45, 2.75) is 43.8 Å². The summed E-state index contributed by atoms with van der Waals surface area (Å²) >= 11 is 0. The highest BCUT2D eigenvalue weighted by Crippen LogP contribution is 2.37. The monoisotopic (exact) mass is 392 g/mol. The Balaban J connectivity index is 1.22. The molecule has 7 nitrogen and oxygen atoms in total. The first-order valence-corrected chi connectivity index (χ1v) is 10.2. The molecule has 1 aliphatic carbocycles. The van der Waals surface area contributed by atoms with Crippen LogP contribution in [-0.4, -0.2) is 56.2 Å². The molecule has 29 heavy (non-hydrogen) atoms. The Kier molecular flexibility index (Phi) is 4.67. The lowest BCUT2D eigenvalue weighted by molar-refractivity contribution is 0.0144. The number of aromatic amines is 1. The number of likely N-dealkylation sites (tertiary alicyclic amines) is 1. The number of carbonyl (C=O) groups excluding carboxylic acids is 1. The summed E-state index contributed by atoms with van der Waals surface area (Å²) in [6, 6.07) is 11.6. The van der Waals surface area contributed by atoms with Crippen LogP contribution in [0.5, 0.6) is 5.88 Å². The summed E-state index contributed by atoms with van der Waals surface area (Å²) in [7, 11) is 0. The van der Waals surface area contributed by atoms with Crippen molar-refractivity contribution in [3.8, 4) is 5.88 Å². The van der Waals surface area contributed by atoms with E-state index in [-0.39, 0.29) is 18.1 Å². The minimum absolute atomic E-state index is 0.0637. The van der Waals surface area contributed by atoms with Gasteiger partial charge in [-0.2, -0.15) is 0 Å². The number of H-pyrrole nitrogens is 1. The lowest BCUT2D eigenvalue weighted by atomic mass is 9.83. The van der Waals surface area contributed by atoms with Crippen LogP contribution in [0.3, 0.4) is 0 Å². The van der Waals surface area contributed by atoms with Gasteiger partial charge in [0.25, 0.3) is 5.91 Å². The third-order valence-corrected chi connectivity index (χ3v) is 5.94. The zero-order valence-corrected chi connectivity index (χ0v) is 16.1. The van der Waals surface area contributed by atoms with Crippen molar-refractivity contribution >= 4 is 16.9 Å². The molecular formula is C22H24N4O3. The van der Waals surface area contributed by atoms with Gasteiger partial charge in [-0.1, -0.05) is 18.2 Å². The highest BCUT2D eigenvalue weighted by molar-refractivity contribution is 5.94. The highest BCUT2D eigenvalue weighted by atomic mass is 16.5. The van der Waals surface area contributed by atoms with E-state index in [9.17, 15) is 9.90 Å². The van der Waals surface area contributed by atoms with Crippen LogP contribution >= 0.6 is 0 Å². The molecular weight excluding hydrogens is 368 g/mol. The molecule has 0 spiro atoms. The zero-order chi connectivity index (χ0) is 19.8. The summed E-state index contributed by atoms with van der Waals surface area (Å²) < 4.78 is 6.14. The Hall–Kier alpha value is -2.93. The number of hydrogen-bond donors (Lipinski definition) is 2. The predicted octanol–water partition coefficient (Wildman–Crippen LogP) is 2.88. The molecule has 150 valence electrons. The lowest BCUT2D eigenvalue weighted by Crippen LogP contribution is -2.56. The number of benzene rings is 1. The molecule has 3 heterocycles. The molecule has 1 aliphatic heterocycles. The van der Waals surface area contributed by atoms with E-state index in [0.717, 1.165) is 42.3 Å². The number of aromatic nitrogens is 3. The Morgan fingerprint density at radius 2 is 1.90 bits per heavy atom. The number of fused-ring (bicyclic) bond motifs is 1. The fraction of sp³-hybridized carbons (Fsp3) is 0.409. The van der Waals surface area contributed by atoms with Gasteiger partial charge in [-0.05, 0) is 49.8 Å². The van der Waals surface area contributed by atoms with Crippen LogP contribution in [-0.2, 0) is 0 Å². The Morgan fingerprint density at radius 1 is 1.10 bits per heavy atom. The van der Waals surface area contributed by atoms with Gasteiger partial charge in [0.1, 0.15) is 6.10 Å². The molecule has 2 aromatic heterocycles. The van der Waals surface area contributed by atoms with Gasteiger partial charge < -0.3 is 19.7 Å². The first-order chi connectivity index (χ1) is 14.2. The molecule has 0 atom stereocenters. The second kappa shape index (κ2) is 7.48. The number of pyridine rings is 1. The molecule has 5 rings (SSSR count). The average molecular weight is 392 g/mol. The smallest absolute Gasteiger partial charge is 0.289 e. The topological polar surface area (TPSA) is 91.3 Å². The SMILES string of the molecule is O=C(c1nc2ccccc2[nH]1)N1CC(Oc2ncccc2[C@H]2CC[C@@H](O)CC2)C1. The number of nitrogens with one attached hydrogen (secondary N) is 1. The van der Waals surface area contributed by atoms with E-state index >= 15 is 0 Å². The van der Waals surface area contributed by atoms with Crippen molar-refractivity contribution in [1.82, 2.24) is 19.9 Å². The lowest BCUT2D eigenvalue weighted by Gasteiger charge is -2.38. The van der Waals surface area contributed by atoms with Gasteiger partial charge in [-0.25, -0.2) is 9.97 Å². The summed E-state index contributed by atoms with van der Waals surface area (Å²) in [5, 5.41) is 9.77. The summed E-state index contributed by atoms with van der Waals surface area (Å²) in [5.74, 6) is 1.29. The fourth-order valence-electron chi connectivity index (χ4n) is 4.24. The van der Waals surface area contributed by atoms with Crippen molar-refractivity contribution in [2.75, 3.05) is 13.1 Å². The van der Waals surface area contributed by atoms with Crippen LogP contribution in [0.15, 0.2) is 42.6 Å². The van der Waals surface area contributed by atoms with Gasteiger partial charge in [0, 0.05) is 11.8 Å². The van der Waals surface area contributed by atoms with Gasteiger partial charge in [-0.3, -0.25) is 4.79 Å². The first-order valence-electron chi connectivity index (χ1n) is 10.2. The molecule has 1 aromatic carbocycles. The molecule has 0 bridgehead atoms. The van der Waals surface area contributed by atoms with E-state index in [4.69, 9.17) is 4.74 Å². The van der Waals surface area contributed by atoms with Crippen LogP contribution in [0.1, 0.15) is 47.8 Å². The maximum absolute atomic E-state index is 12.7. The fourth-order valence-corrected chi connectivity index (χ4v) is 4.24. The van der Waals surface area contributed by atoms with Crippen molar-refractivity contribution in [1.29, 1.82) is 0 Å². The predicted molar refractivity (Wildman–Crippen MR) is 108 cm³/mol. The van der Waals surface area contributed by atoms with E-state index in [1.165, 1.54) is 0 Å². The van der Waals surface area contributed by atoms with Crippen LogP contribution < -0.4 is 4.74 Å². The van der Waals surface area contributed by atoms with Gasteiger partial charge in [0.2, 0.25) is 5.88 Å². The maximum Gasteiger partial charge on any atom is 0.289 e. The standard InChI is InChI=1S/C22H24N4O3/c27-15-9-7-14(8-10-15)17-4-3-11-23-21(17)29-16-12-26(13-16)22(28)20-24-18-5-1-2-6-19(18)25-20/h1-6,11,14-16,27H,7-10,12-13H2,(H,24,25)/t14-,15+. The minimum Gasteiger partial charge on any atom is -0.470 e. The van der Waals surface area contributed by atoms with E-state index in [1.807, 2.05) is 30.3 Å². The van der Waals surface area contributed by atoms with Crippen molar-refractivity contribution in [3.63, 3.8) is 0 Å². The van der Waals surface area contributed by atoms with Crippen LogP contribution in [0.4, 0.5) is 0 Å². The van der Waals surface area contributed by atoms with Crippen LogP contribution in [0.25, 0.3) is 11.0 Å². The number of aliphatic hydroxyl groups excluding tert-OH is 1. The van der Waals surface area contributed by atoms with Crippen LogP contribution in [0, 0.1) is 0 Å². The Morgan fingerprint density at radius 3 is 2.69 bits per heavy atom. The molecule has 7 heteroatoms. The number of carbonyl (C=O) groups is 1. The van der Waals surface area contributed by atoms with Gasteiger partial charge >= 0.3 is 0 Å². The van der Waals surface area contributed by atoms with Gasteiger partial charge in [-0.15, -0.1) is 0 Å². The average Bonchev–Trinajstić information content (AvgIpc) is 3.15. The molecule has 0 radical (unpaired) electrons. The number of ether oxygens (including phenoxy) is 1. The van der Waals surface area contributed by atoms with Crippen molar-refractivity contribution < 1.29 is 14.6 Å². The third-order valence-electron chi connectivity index (χ3n) is 5.94. The summed E-state index contributed by atoms with van der Waals surface area (Å²) in [4.78, 5) is 26.3. The number of imidazole rings is 1. The molecule has 2 aliphatic rings. The third kappa shape index (κ3) is 3.58. The molecule has 3 aromatic rings.